The number of alkyl halides is 6. The quantitative estimate of drug-likeness (QED) is 0.189. The first-order valence-electron chi connectivity index (χ1n) is 12.3. The van der Waals surface area contributed by atoms with Crippen LogP contribution in [-0.4, -0.2) is 29.8 Å². The zero-order valence-electron chi connectivity index (χ0n) is 21.5. The lowest BCUT2D eigenvalue weighted by Gasteiger charge is -2.19. The zero-order chi connectivity index (χ0) is 29.5. The van der Waals surface area contributed by atoms with E-state index in [-0.39, 0.29) is 23.4 Å². The van der Waals surface area contributed by atoms with Crippen molar-refractivity contribution in [2.45, 2.75) is 38.8 Å². The Morgan fingerprint density at radius 2 is 1.41 bits per heavy atom. The predicted molar refractivity (Wildman–Crippen MR) is 140 cm³/mol. The summed E-state index contributed by atoms with van der Waals surface area (Å²) in [6, 6.07) is 17.1. The molecule has 0 radical (unpaired) electrons. The number of halogens is 7. The maximum atomic E-state index is 13.5. The molecular weight excluding hydrogens is 570 g/mol. The molecule has 0 unspecified atom stereocenters. The zero-order valence-corrected chi connectivity index (χ0v) is 22.3. The number of nitrogens with zero attached hydrogens (tertiary/aromatic N) is 6. The molecule has 0 fully saturated rings. The van der Waals surface area contributed by atoms with Gasteiger partial charge < -0.3 is 4.57 Å². The molecule has 0 saturated carbocycles. The molecule has 5 rings (SSSR count). The summed E-state index contributed by atoms with van der Waals surface area (Å²) >= 11 is 6.45. The Morgan fingerprint density at radius 1 is 0.805 bits per heavy atom. The van der Waals surface area contributed by atoms with Crippen LogP contribution in [0.5, 0.6) is 0 Å². The topological polar surface area (TPSA) is 61.4 Å². The third-order valence-corrected chi connectivity index (χ3v) is 6.93. The van der Waals surface area contributed by atoms with Crippen molar-refractivity contribution in [1.29, 1.82) is 0 Å². The molecule has 0 saturated heterocycles. The molecule has 2 aromatic heterocycles. The highest BCUT2D eigenvalue weighted by atomic mass is 35.5. The number of benzene rings is 3. The molecular formula is C28H21ClF6N6. The summed E-state index contributed by atoms with van der Waals surface area (Å²) in [6.07, 6.45) is -9.96. The Bertz CT molecular complexity index is 1660. The Morgan fingerprint density at radius 3 is 2.02 bits per heavy atom. The number of hydrogen-bond acceptors (Lipinski definition) is 4. The SMILES string of the molecule is Cc1nnc(-c2nnn(Cc3cc(C(F)(F)F)cc(C(F)(F)F)c3)c2-c2ccccc2)n1[C@H](C)c1ccccc1Cl. The van der Waals surface area contributed by atoms with Crippen LogP contribution in [-0.2, 0) is 18.9 Å². The van der Waals surface area contributed by atoms with Crippen LogP contribution in [0.3, 0.4) is 0 Å². The first kappa shape index (κ1) is 28.3. The average Bonchev–Trinajstić information content (AvgIpc) is 3.51. The van der Waals surface area contributed by atoms with E-state index in [1.807, 2.05) is 19.1 Å². The lowest BCUT2D eigenvalue weighted by Crippen LogP contribution is -2.13. The Hall–Kier alpha value is -4.19. The third-order valence-electron chi connectivity index (χ3n) is 6.58. The second-order valence-electron chi connectivity index (χ2n) is 9.36. The molecule has 1 atom stereocenters. The molecule has 6 nitrogen and oxygen atoms in total. The molecule has 2 heterocycles. The van der Waals surface area contributed by atoms with Crippen molar-refractivity contribution in [3.8, 4) is 22.8 Å². The summed E-state index contributed by atoms with van der Waals surface area (Å²) in [4.78, 5) is 0. The molecule has 0 amide bonds. The van der Waals surface area contributed by atoms with Gasteiger partial charge in [-0.3, -0.25) is 0 Å². The molecule has 3 aromatic carbocycles. The van der Waals surface area contributed by atoms with E-state index in [0.717, 1.165) is 5.56 Å². The monoisotopic (exact) mass is 590 g/mol. The van der Waals surface area contributed by atoms with Gasteiger partial charge in [0.2, 0.25) is 0 Å². The van der Waals surface area contributed by atoms with Crippen molar-refractivity contribution < 1.29 is 26.3 Å². The minimum atomic E-state index is -4.98. The summed E-state index contributed by atoms with van der Waals surface area (Å²) in [7, 11) is 0. The van der Waals surface area contributed by atoms with Gasteiger partial charge in [-0.15, -0.1) is 15.3 Å². The fourth-order valence-corrected chi connectivity index (χ4v) is 4.98. The van der Waals surface area contributed by atoms with Crippen LogP contribution in [0, 0.1) is 6.92 Å². The van der Waals surface area contributed by atoms with Gasteiger partial charge in [0.25, 0.3) is 0 Å². The fraction of sp³-hybridized carbons (Fsp3) is 0.214. The average molecular weight is 591 g/mol. The largest absolute Gasteiger partial charge is 0.416 e. The summed E-state index contributed by atoms with van der Waals surface area (Å²) in [6.45, 7) is 3.23. The summed E-state index contributed by atoms with van der Waals surface area (Å²) in [5.41, 5.74) is -1.11. The maximum absolute atomic E-state index is 13.5. The van der Waals surface area contributed by atoms with Gasteiger partial charge in [-0.1, -0.05) is 65.3 Å². The molecule has 5 aromatic rings. The molecule has 0 aliphatic heterocycles. The smallest absolute Gasteiger partial charge is 0.302 e. The standard InChI is InChI=1S/C28H21ClF6N6/c1-16(22-10-6-7-11-23(22)29)41-17(2)36-38-26(41)24-25(19-8-4-3-5-9-19)40(39-37-24)15-18-12-20(27(30,31)32)14-21(13-18)28(33,34)35/h3-14,16H,15H2,1-2H3/t16-/m1/s1. The van der Waals surface area contributed by atoms with E-state index in [2.05, 4.69) is 20.5 Å². The van der Waals surface area contributed by atoms with Crippen molar-refractivity contribution in [3.63, 3.8) is 0 Å². The van der Waals surface area contributed by atoms with Crippen LogP contribution in [0.2, 0.25) is 5.02 Å². The summed E-state index contributed by atoms with van der Waals surface area (Å²) < 4.78 is 84.1. The Kier molecular flexibility index (Phi) is 7.37. The van der Waals surface area contributed by atoms with Crippen molar-refractivity contribution in [2.24, 2.45) is 0 Å². The third kappa shape index (κ3) is 5.69. The van der Waals surface area contributed by atoms with E-state index in [0.29, 0.717) is 40.1 Å². The van der Waals surface area contributed by atoms with Gasteiger partial charge in [0.1, 0.15) is 11.5 Å². The normalized spacial score (nSPS) is 13.0. The van der Waals surface area contributed by atoms with Gasteiger partial charge in [-0.05, 0) is 49.2 Å². The highest BCUT2D eigenvalue weighted by Gasteiger charge is 2.37. The van der Waals surface area contributed by atoms with E-state index in [4.69, 9.17) is 11.6 Å². The van der Waals surface area contributed by atoms with Gasteiger partial charge in [0.15, 0.2) is 11.5 Å². The van der Waals surface area contributed by atoms with Crippen LogP contribution in [0.1, 0.15) is 41.0 Å². The van der Waals surface area contributed by atoms with Crippen LogP contribution in [0.4, 0.5) is 26.3 Å². The van der Waals surface area contributed by atoms with Gasteiger partial charge in [-0.2, -0.15) is 26.3 Å². The molecule has 0 N–H and O–H groups in total. The number of aryl methyl sites for hydroxylation is 1. The summed E-state index contributed by atoms with van der Waals surface area (Å²) in [5.74, 6) is 0.841. The minimum Gasteiger partial charge on any atom is -0.302 e. The van der Waals surface area contributed by atoms with Crippen LogP contribution in [0.15, 0.2) is 72.8 Å². The van der Waals surface area contributed by atoms with Crippen molar-refractivity contribution >= 4 is 11.6 Å². The number of hydrogen-bond donors (Lipinski definition) is 0. The summed E-state index contributed by atoms with van der Waals surface area (Å²) in [5, 5.41) is 17.5. The minimum absolute atomic E-state index is 0.0930. The highest BCUT2D eigenvalue weighted by molar-refractivity contribution is 6.31. The second kappa shape index (κ2) is 10.7. The second-order valence-corrected chi connectivity index (χ2v) is 9.77. The molecule has 212 valence electrons. The van der Waals surface area contributed by atoms with Crippen LogP contribution >= 0.6 is 11.6 Å². The fourth-order valence-electron chi connectivity index (χ4n) is 4.69. The molecule has 13 heteroatoms. The van der Waals surface area contributed by atoms with Crippen LogP contribution < -0.4 is 0 Å². The maximum Gasteiger partial charge on any atom is 0.416 e. The molecule has 41 heavy (non-hydrogen) atoms. The Balaban J connectivity index is 1.66. The van der Waals surface area contributed by atoms with Gasteiger partial charge in [-0.25, -0.2) is 4.68 Å². The van der Waals surface area contributed by atoms with E-state index in [1.54, 1.807) is 54.0 Å². The van der Waals surface area contributed by atoms with E-state index >= 15 is 0 Å². The van der Waals surface area contributed by atoms with Gasteiger partial charge in [0.05, 0.1) is 23.7 Å². The molecule has 0 aliphatic rings. The number of rotatable bonds is 6. The van der Waals surface area contributed by atoms with Crippen molar-refractivity contribution in [3.05, 3.63) is 106 Å². The molecule has 0 aliphatic carbocycles. The van der Waals surface area contributed by atoms with E-state index < -0.39 is 30.0 Å². The lowest BCUT2D eigenvalue weighted by atomic mass is 10.0. The van der Waals surface area contributed by atoms with Gasteiger partial charge >= 0.3 is 12.4 Å². The van der Waals surface area contributed by atoms with Gasteiger partial charge in [0, 0.05) is 10.6 Å². The predicted octanol–water partition coefficient (Wildman–Crippen LogP) is 7.86. The van der Waals surface area contributed by atoms with Crippen molar-refractivity contribution in [2.75, 3.05) is 0 Å². The Labute approximate surface area is 235 Å². The molecule has 0 spiro atoms. The van der Waals surface area contributed by atoms with Crippen LogP contribution in [0.25, 0.3) is 22.8 Å². The highest BCUT2D eigenvalue weighted by Crippen LogP contribution is 2.38. The number of aromatic nitrogens is 6. The lowest BCUT2D eigenvalue weighted by molar-refractivity contribution is -0.143. The first-order valence-corrected chi connectivity index (χ1v) is 12.7. The van der Waals surface area contributed by atoms with E-state index in [9.17, 15) is 26.3 Å². The molecule has 0 bridgehead atoms. The first-order chi connectivity index (χ1) is 19.3. The van der Waals surface area contributed by atoms with E-state index in [1.165, 1.54) is 4.68 Å². The van der Waals surface area contributed by atoms with Crippen molar-refractivity contribution in [1.82, 2.24) is 29.8 Å².